The Morgan fingerprint density at radius 2 is 2.00 bits per heavy atom. The second-order valence-corrected chi connectivity index (χ2v) is 7.58. The maximum absolute atomic E-state index is 5.77. The van der Waals surface area contributed by atoms with Crippen molar-refractivity contribution in [1.29, 1.82) is 0 Å². The number of nitrogens with zero attached hydrogens (tertiary/aromatic N) is 3. The van der Waals surface area contributed by atoms with E-state index in [4.69, 9.17) is 14.6 Å². The zero-order valence-electron chi connectivity index (χ0n) is 15.9. The van der Waals surface area contributed by atoms with Gasteiger partial charge in [-0.1, -0.05) is 12.1 Å². The number of aromatic nitrogens is 2. The molecule has 1 aromatic carbocycles. The minimum Gasteiger partial charge on any atom is -0.497 e. The predicted octanol–water partition coefficient (Wildman–Crippen LogP) is 3.44. The summed E-state index contributed by atoms with van der Waals surface area (Å²) < 4.78 is 13.2. The van der Waals surface area contributed by atoms with E-state index in [0.29, 0.717) is 5.92 Å². The number of benzene rings is 1. The summed E-state index contributed by atoms with van der Waals surface area (Å²) >= 11 is 0. The number of hydrogen-bond acceptors (Lipinski definition) is 4. The standard InChI is InChI=1S/C21H29N3O2/c1-3-26-15-19-13-23(10-16-6-8-20(25-2)9-7-16)12-18-14-24(22-21(18)19)11-17-4-5-17/h6-9,14,17,19H,3-5,10-13,15H2,1-2H3. The maximum atomic E-state index is 5.77. The Balaban J connectivity index is 1.48. The van der Waals surface area contributed by atoms with Crippen LogP contribution in [0.1, 0.15) is 42.5 Å². The number of hydrogen-bond donors (Lipinski definition) is 0. The van der Waals surface area contributed by atoms with Crippen molar-refractivity contribution in [1.82, 2.24) is 14.7 Å². The van der Waals surface area contributed by atoms with E-state index < -0.39 is 0 Å². The van der Waals surface area contributed by atoms with Gasteiger partial charge in [-0.25, -0.2) is 0 Å². The molecule has 5 nitrogen and oxygen atoms in total. The van der Waals surface area contributed by atoms with Gasteiger partial charge in [0, 0.05) is 50.5 Å². The smallest absolute Gasteiger partial charge is 0.118 e. The van der Waals surface area contributed by atoms with Crippen molar-refractivity contribution < 1.29 is 9.47 Å². The van der Waals surface area contributed by atoms with E-state index in [1.165, 1.54) is 29.7 Å². The van der Waals surface area contributed by atoms with Crippen LogP contribution < -0.4 is 4.74 Å². The van der Waals surface area contributed by atoms with E-state index >= 15 is 0 Å². The zero-order chi connectivity index (χ0) is 17.9. The first-order valence-corrected chi connectivity index (χ1v) is 9.74. The lowest BCUT2D eigenvalue weighted by Crippen LogP contribution is -2.34. The fourth-order valence-electron chi connectivity index (χ4n) is 3.81. The zero-order valence-corrected chi connectivity index (χ0v) is 15.9. The van der Waals surface area contributed by atoms with E-state index in [1.54, 1.807) is 7.11 Å². The monoisotopic (exact) mass is 355 g/mol. The van der Waals surface area contributed by atoms with Crippen LogP contribution in [0.15, 0.2) is 30.5 Å². The Labute approximate surface area is 155 Å². The third kappa shape index (κ3) is 4.10. The SMILES string of the molecule is CCOCC1CN(Cc2ccc(OC)cc2)Cc2cn(CC3CC3)nc21. The van der Waals surface area contributed by atoms with Crippen LogP contribution in [-0.2, 0) is 24.4 Å². The fourth-order valence-corrected chi connectivity index (χ4v) is 3.81. The van der Waals surface area contributed by atoms with E-state index in [2.05, 4.69) is 34.8 Å². The van der Waals surface area contributed by atoms with Gasteiger partial charge in [0.1, 0.15) is 5.75 Å². The van der Waals surface area contributed by atoms with Gasteiger partial charge in [-0.05, 0) is 43.4 Å². The molecule has 0 bridgehead atoms. The Kier molecular flexibility index (Phi) is 5.27. The van der Waals surface area contributed by atoms with Crippen molar-refractivity contribution in [3.05, 3.63) is 47.3 Å². The Morgan fingerprint density at radius 3 is 2.69 bits per heavy atom. The summed E-state index contributed by atoms with van der Waals surface area (Å²) in [6.45, 7) is 7.56. The molecule has 2 aromatic rings. The molecule has 1 aliphatic heterocycles. The maximum Gasteiger partial charge on any atom is 0.118 e. The Morgan fingerprint density at radius 1 is 1.19 bits per heavy atom. The highest BCUT2D eigenvalue weighted by atomic mass is 16.5. The predicted molar refractivity (Wildman–Crippen MR) is 101 cm³/mol. The van der Waals surface area contributed by atoms with Crippen LogP contribution in [-0.4, -0.2) is 41.5 Å². The summed E-state index contributed by atoms with van der Waals surface area (Å²) in [6.07, 6.45) is 4.99. The van der Waals surface area contributed by atoms with Crippen molar-refractivity contribution in [3.8, 4) is 5.75 Å². The molecule has 2 aliphatic rings. The summed E-state index contributed by atoms with van der Waals surface area (Å²) in [5, 5.41) is 4.92. The third-order valence-electron chi connectivity index (χ3n) is 5.36. The molecule has 1 aliphatic carbocycles. The van der Waals surface area contributed by atoms with Gasteiger partial charge in [-0.2, -0.15) is 5.10 Å². The molecule has 0 saturated heterocycles. The summed E-state index contributed by atoms with van der Waals surface area (Å²) in [7, 11) is 1.71. The molecule has 1 aromatic heterocycles. The molecule has 0 spiro atoms. The Hall–Kier alpha value is -1.85. The van der Waals surface area contributed by atoms with Crippen LogP contribution in [0.2, 0.25) is 0 Å². The number of methoxy groups -OCH3 is 1. The molecule has 1 atom stereocenters. The molecule has 0 N–H and O–H groups in total. The van der Waals surface area contributed by atoms with Crippen LogP contribution in [0, 0.1) is 5.92 Å². The van der Waals surface area contributed by atoms with E-state index in [-0.39, 0.29) is 0 Å². The highest BCUT2D eigenvalue weighted by molar-refractivity contribution is 5.28. The molecular weight excluding hydrogens is 326 g/mol. The van der Waals surface area contributed by atoms with Crippen molar-refractivity contribution in [2.24, 2.45) is 5.92 Å². The van der Waals surface area contributed by atoms with E-state index in [9.17, 15) is 0 Å². The van der Waals surface area contributed by atoms with Crippen LogP contribution in [0.5, 0.6) is 5.75 Å². The van der Waals surface area contributed by atoms with Gasteiger partial charge < -0.3 is 9.47 Å². The molecule has 1 unspecified atom stereocenters. The van der Waals surface area contributed by atoms with Gasteiger partial charge in [0.05, 0.1) is 19.4 Å². The number of fused-ring (bicyclic) bond motifs is 1. The number of rotatable bonds is 8. The van der Waals surface area contributed by atoms with Crippen LogP contribution >= 0.6 is 0 Å². The summed E-state index contributed by atoms with van der Waals surface area (Å²) in [6, 6.07) is 8.39. The first-order chi connectivity index (χ1) is 12.7. The third-order valence-corrected chi connectivity index (χ3v) is 5.36. The Bertz CT molecular complexity index is 721. The lowest BCUT2D eigenvalue weighted by atomic mass is 9.97. The minimum atomic E-state index is 0.359. The average Bonchev–Trinajstić information content (AvgIpc) is 3.37. The second kappa shape index (κ2) is 7.80. The highest BCUT2D eigenvalue weighted by Gasteiger charge is 2.30. The van der Waals surface area contributed by atoms with Gasteiger partial charge >= 0.3 is 0 Å². The normalized spacial score (nSPS) is 20.2. The first kappa shape index (κ1) is 17.6. The topological polar surface area (TPSA) is 39.5 Å². The van der Waals surface area contributed by atoms with E-state index in [0.717, 1.165) is 51.1 Å². The summed E-state index contributed by atoms with van der Waals surface area (Å²) in [4.78, 5) is 2.51. The largest absolute Gasteiger partial charge is 0.497 e. The van der Waals surface area contributed by atoms with Gasteiger partial charge in [-0.3, -0.25) is 9.58 Å². The molecule has 140 valence electrons. The molecule has 5 heteroatoms. The van der Waals surface area contributed by atoms with Gasteiger partial charge in [0.2, 0.25) is 0 Å². The van der Waals surface area contributed by atoms with Gasteiger partial charge in [0.25, 0.3) is 0 Å². The lowest BCUT2D eigenvalue weighted by molar-refractivity contribution is 0.104. The first-order valence-electron chi connectivity index (χ1n) is 9.74. The highest BCUT2D eigenvalue weighted by Crippen LogP contribution is 2.33. The van der Waals surface area contributed by atoms with Gasteiger partial charge in [-0.15, -0.1) is 0 Å². The molecule has 4 rings (SSSR count). The van der Waals surface area contributed by atoms with Gasteiger partial charge in [0.15, 0.2) is 0 Å². The van der Waals surface area contributed by atoms with Crippen LogP contribution in [0.25, 0.3) is 0 Å². The molecule has 1 fully saturated rings. The van der Waals surface area contributed by atoms with Crippen LogP contribution in [0.3, 0.4) is 0 Å². The summed E-state index contributed by atoms with van der Waals surface area (Å²) in [5.41, 5.74) is 3.94. The second-order valence-electron chi connectivity index (χ2n) is 7.58. The molecule has 0 amide bonds. The van der Waals surface area contributed by atoms with Crippen molar-refractivity contribution >= 4 is 0 Å². The fraction of sp³-hybridized carbons (Fsp3) is 0.571. The molecular formula is C21H29N3O2. The molecule has 1 saturated carbocycles. The molecule has 0 radical (unpaired) electrons. The van der Waals surface area contributed by atoms with Crippen molar-refractivity contribution in [3.63, 3.8) is 0 Å². The lowest BCUT2D eigenvalue weighted by Gasteiger charge is -2.31. The van der Waals surface area contributed by atoms with Crippen molar-refractivity contribution in [2.45, 2.75) is 45.3 Å². The number of ether oxygens (including phenoxy) is 2. The molecule has 26 heavy (non-hydrogen) atoms. The summed E-state index contributed by atoms with van der Waals surface area (Å²) in [5.74, 6) is 2.11. The van der Waals surface area contributed by atoms with Crippen molar-refractivity contribution in [2.75, 3.05) is 26.9 Å². The van der Waals surface area contributed by atoms with E-state index in [1.807, 2.05) is 12.1 Å². The van der Waals surface area contributed by atoms with Crippen LogP contribution in [0.4, 0.5) is 0 Å². The average molecular weight is 355 g/mol. The molecule has 2 heterocycles. The quantitative estimate of drug-likeness (QED) is 0.727. The minimum absolute atomic E-state index is 0.359.